The van der Waals surface area contributed by atoms with E-state index >= 15 is 0 Å². The Labute approximate surface area is 181 Å². The summed E-state index contributed by atoms with van der Waals surface area (Å²) in [6, 6.07) is 22.2. The van der Waals surface area contributed by atoms with E-state index in [-0.39, 0.29) is 0 Å². The zero-order valence-corrected chi connectivity index (χ0v) is 17.3. The molecule has 1 aliphatic rings. The lowest BCUT2D eigenvalue weighted by Crippen LogP contribution is -2.31. The lowest BCUT2D eigenvalue weighted by molar-refractivity contribution is 0.242. The fourth-order valence-corrected chi connectivity index (χ4v) is 4.02. The first kappa shape index (κ1) is 18.9. The Morgan fingerprint density at radius 2 is 1.73 bits per heavy atom. The van der Waals surface area contributed by atoms with Gasteiger partial charge in [0.1, 0.15) is 0 Å². The fraction of sp³-hybridized carbons (Fsp3) is 0.160. The minimum absolute atomic E-state index is 0.725. The molecule has 3 heterocycles. The second-order valence-electron chi connectivity index (χ2n) is 7.55. The van der Waals surface area contributed by atoms with Crippen molar-refractivity contribution in [1.82, 2.24) is 19.9 Å². The molecule has 5 rings (SSSR count). The van der Waals surface area contributed by atoms with Crippen molar-refractivity contribution < 1.29 is 0 Å². The van der Waals surface area contributed by atoms with Crippen molar-refractivity contribution in [3.05, 3.63) is 101 Å². The van der Waals surface area contributed by atoms with Crippen LogP contribution in [0.4, 0.5) is 0 Å². The van der Waals surface area contributed by atoms with E-state index in [1.54, 1.807) is 0 Å². The van der Waals surface area contributed by atoms with Gasteiger partial charge >= 0.3 is 0 Å². The third kappa shape index (κ3) is 4.11. The quantitative estimate of drug-likeness (QED) is 0.449. The molecule has 0 saturated heterocycles. The SMILES string of the molecule is Clc1cccc(-c2ccc(CN3CCc4nc(-c5ccccc5)ncc4C3)cn2)c1. The fourth-order valence-electron chi connectivity index (χ4n) is 3.83. The number of aromatic nitrogens is 3. The lowest BCUT2D eigenvalue weighted by Gasteiger charge is -2.28. The van der Waals surface area contributed by atoms with Gasteiger partial charge in [0.25, 0.3) is 0 Å². The molecule has 148 valence electrons. The maximum Gasteiger partial charge on any atom is 0.159 e. The molecule has 0 unspecified atom stereocenters. The van der Waals surface area contributed by atoms with Crippen LogP contribution in [0.2, 0.25) is 5.02 Å². The van der Waals surface area contributed by atoms with Crippen LogP contribution in [0.15, 0.2) is 79.1 Å². The molecule has 2 aromatic heterocycles. The molecule has 0 fully saturated rings. The Morgan fingerprint density at radius 3 is 2.53 bits per heavy atom. The highest BCUT2D eigenvalue weighted by Gasteiger charge is 2.19. The van der Waals surface area contributed by atoms with Gasteiger partial charge in [0.2, 0.25) is 0 Å². The number of nitrogens with zero attached hydrogens (tertiary/aromatic N) is 4. The monoisotopic (exact) mass is 412 g/mol. The average Bonchev–Trinajstić information content (AvgIpc) is 2.80. The van der Waals surface area contributed by atoms with Gasteiger partial charge in [-0.3, -0.25) is 9.88 Å². The molecule has 0 radical (unpaired) electrons. The first-order valence-electron chi connectivity index (χ1n) is 10.1. The van der Waals surface area contributed by atoms with Crippen LogP contribution in [0.3, 0.4) is 0 Å². The zero-order valence-electron chi connectivity index (χ0n) is 16.5. The Morgan fingerprint density at radius 1 is 0.867 bits per heavy atom. The first-order valence-corrected chi connectivity index (χ1v) is 10.5. The molecule has 0 aliphatic carbocycles. The lowest BCUT2D eigenvalue weighted by atomic mass is 10.1. The van der Waals surface area contributed by atoms with Gasteiger partial charge in [0.15, 0.2) is 5.82 Å². The summed E-state index contributed by atoms with van der Waals surface area (Å²) in [5.74, 6) is 0.809. The summed E-state index contributed by atoms with van der Waals surface area (Å²) < 4.78 is 0. The Balaban J connectivity index is 1.27. The molecular formula is C25H21ClN4. The van der Waals surface area contributed by atoms with Gasteiger partial charge in [-0.05, 0) is 23.8 Å². The molecule has 0 N–H and O–H groups in total. The minimum atomic E-state index is 0.725. The Bertz CT molecular complexity index is 1160. The van der Waals surface area contributed by atoms with Gasteiger partial charge in [-0.2, -0.15) is 0 Å². The third-order valence-electron chi connectivity index (χ3n) is 5.40. The predicted octanol–water partition coefficient (Wildman–Crippen LogP) is 5.42. The molecule has 5 heteroatoms. The minimum Gasteiger partial charge on any atom is -0.294 e. The van der Waals surface area contributed by atoms with Crippen molar-refractivity contribution in [1.29, 1.82) is 0 Å². The highest BCUT2D eigenvalue weighted by atomic mass is 35.5. The second kappa shape index (κ2) is 8.34. The van der Waals surface area contributed by atoms with Crippen molar-refractivity contribution >= 4 is 11.6 Å². The van der Waals surface area contributed by atoms with E-state index in [9.17, 15) is 0 Å². The van der Waals surface area contributed by atoms with E-state index in [4.69, 9.17) is 16.6 Å². The number of fused-ring (bicyclic) bond motifs is 1. The van der Waals surface area contributed by atoms with Crippen LogP contribution in [0.25, 0.3) is 22.6 Å². The van der Waals surface area contributed by atoms with Gasteiger partial charge in [-0.1, -0.05) is 60.1 Å². The maximum absolute atomic E-state index is 6.10. The van der Waals surface area contributed by atoms with Crippen LogP contribution in [0.5, 0.6) is 0 Å². The number of halogens is 1. The summed E-state index contributed by atoms with van der Waals surface area (Å²) in [7, 11) is 0. The molecule has 0 spiro atoms. The Hall–Kier alpha value is -3.08. The van der Waals surface area contributed by atoms with Gasteiger partial charge in [0.05, 0.1) is 11.4 Å². The van der Waals surface area contributed by atoms with Crippen LogP contribution >= 0.6 is 11.6 Å². The summed E-state index contributed by atoms with van der Waals surface area (Å²) >= 11 is 6.10. The summed E-state index contributed by atoms with van der Waals surface area (Å²) in [4.78, 5) is 16.5. The van der Waals surface area contributed by atoms with Crippen molar-refractivity contribution in [2.75, 3.05) is 6.54 Å². The van der Waals surface area contributed by atoms with Crippen LogP contribution < -0.4 is 0 Å². The van der Waals surface area contributed by atoms with E-state index in [0.717, 1.165) is 59.4 Å². The molecule has 1 aliphatic heterocycles. The number of hydrogen-bond donors (Lipinski definition) is 0. The molecule has 0 bridgehead atoms. The van der Waals surface area contributed by atoms with E-state index < -0.39 is 0 Å². The Kier molecular flexibility index (Phi) is 5.26. The predicted molar refractivity (Wildman–Crippen MR) is 120 cm³/mol. The molecular weight excluding hydrogens is 392 g/mol. The molecule has 4 nitrogen and oxygen atoms in total. The maximum atomic E-state index is 6.10. The summed E-state index contributed by atoms with van der Waals surface area (Å²) in [6.45, 7) is 2.71. The first-order chi connectivity index (χ1) is 14.7. The third-order valence-corrected chi connectivity index (χ3v) is 5.63. The number of hydrogen-bond acceptors (Lipinski definition) is 4. The van der Waals surface area contributed by atoms with Crippen LogP contribution in [0.1, 0.15) is 16.8 Å². The normalized spacial score (nSPS) is 13.8. The molecule has 2 aromatic carbocycles. The molecule has 4 aromatic rings. The highest BCUT2D eigenvalue weighted by Crippen LogP contribution is 2.24. The van der Waals surface area contributed by atoms with E-state index in [2.05, 4.69) is 39.1 Å². The van der Waals surface area contributed by atoms with E-state index in [1.807, 2.05) is 54.9 Å². The second-order valence-corrected chi connectivity index (χ2v) is 7.99. The topological polar surface area (TPSA) is 41.9 Å². The van der Waals surface area contributed by atoms with Gasteiger partial charge in [-0.15, -0.1) is 0 Å². The number of rotatable bonds is 4. The molecule has 30 heavy (non-hydrogen) atoms. The largest absolute Gasteiger partial charge is 0.294 e. The van der Waals surface area contributed by atoms with E-state index in [1.165, 1.54) is 11.1 Å². The average molecular weight is 413 g/mol. The van der Waals surface area contributed by atoms with Crippen LogP contribution in [-0.4, -0.2) is 26.4 Å². The molecule has 0 amide bonds. The summed E-state index contributed by atoms with van der Waals surface area (Å²) in [5, 5.41) is 0.725. The van der Waals surface area contributed by atoms with Crippen LogP contribution in [-0.2, 0) is 19.5 Å². The smallest absolute Gasteiger partial charge is 0.159 e. The number of benzene rings is 2. The van der Waals surface area contributed by atoms with Gasteiger partial charge in [0, 0.05) is 60.2 Å². The molecule has 0 saturated carbocycles. The van der Waals surface area contributed by atoms with Crippen molar-refractivity contribution in [2.24, 2.45) is 0 Å². The summed E-state index contributed by atoms with van der Waals surface area (Å²) in [5.41, 5.74) is 6.61. The molecule has 0 atom stereocenters. The van der Waals surface area contributed by atoms with Gasteiger partial charge < -0.3 is 0 Å². The number of pyridine rings is 1. The van der Waals surface area contributed by atoms with Crippen molar-refractivity contribution in [3.8, 4) is 22.6 Å². The standard InChI is InChI=1S/C25H21ClN4/c26-22-8-4-7-20(13-22)23-10-9-18(14-27-23)16-30-12-11-24-21(17-30)15-28-25(29-24)19-5-2-1-3-6-19/h1-10,13-15H,11-12,16-17H2. The van der Waals surface area contributed by atoms with Crippen molar-refractivity contribution in [2.45, 2.75) is 19.5 Å². The zero-order chi connectivity index (χ0) is 20.3. The van der Waals surface area contributed by atoms with Gasteiger partial charge in [-0.25, -0.2) is 9.97 Å². The highest BCUT2D eigenvalue weighted by molar-refractivity contribution is 6.30. The van der Waals surface area contributed by atoms with E-state index in [0.29, 0.717) is 0 Å². The van der Waals surface area contributed by atoms with Crippen molar-refractivity contribution in [3.63, 3.8) is 0 Å². The summed E-state index contributed by atoms with van der Waals surface area (Å²) in [6.07, 6.45) is 4.88. The van der Waals surface area contributed by atoms with Crippen LogP contribution in [0, 0.1) is 0 Å².